The maximum absolute atomic E-state index is 13.5. The number of hydroxylamine groups is 1. The Kier molecular flexibility index (Phi) is 6.81. The summed E-state index contributed by atoms with van der Waals surface area (Å²) in [7, 11) is 0. The fraction of sp³-hybridized carbons (Fsp3) is 0.464. The molecular weight excluding hydrogens is 458 g/mol. The number of amides is 2. The van der Waals surface area contributed by atoms with Crippen LogP contribution >= 0.6 is 0 Å². The lowest BCUT2D eigenvalue weighted by Gasteiger charge is -2.28. The Bertz CT molecular complexity index is 1150. The number of carbonyl (C=O) groups is 2. The summed E-state index contributed by atoms with van der Waals surface area (Å²) < 4.78 is 6.09. The zero-order valence-electron chi connectivity index (χ0n) is 20.5. The van der Waals surface area contributed by atoms with Crippen LogP contribution in [0, 0.1) is 11.3 Å². The molecule has 0 radical (unpaired) electrons. The summed E-state index contributed by atoms with van der Waals surface area (Å²) in [5.41, 5.74) is 5.07. The second-order valence-corrected chi connectivity index (χ2v) is 10.2. The lowest BCUT2D eigenvalue weighted by Crippen LogP contribution is -2.44. The van der Waals surface area contributed by atoms with Gasteiger partial charge in [-0.15, -0.1) is 0 Å². The van der Waals surface area contributed by atoms with Crippen molar-refractivity contribution in [2.45, 2.75) is 51.1 Å². The summed E-state index contributed by atoms with van der Waals surface area (Å²) in [5, 5.41) is 18.9. The maximum atomic E-state index is 13.5. The zero-order chi connectivity index (χ0) is 25.3. The van der Waals surface area contributed by atoms with E-state index in [-0.39, 0.29) is 24.6 Å². The fourth-order valence-electron chi connectivity index (χ4n) is 5.85. The van der Waals surface area contributed by atoms with Crippen LogP contribution in [0.25, 0.3) is 0 Å². The third kappa shape index (κ3) is 4.63. The van der Waals surface area contributed by atoms with Gasteiger partial charge < -0.3 is 14.7 Å². The van der Waals surface area contributed by atoms with Gasteiger partial charge in [0.25, 0.3) is 0 Å². The maximum Gasteiger partial charge on any atom is 0.247 e. The van der Waals surface area contributed by atoms with E-state index < -0.39 is 17.2 Å². The zero-order valence-corrected chi connectivity index (χ0v) is 20.5. The van der Waals surface area contributed by atoms with E-state index in [4.69, 9.17) is 9.73 Å². The van der Waals surface area contributed by atoms with Crippen LogP contribution < -0.4 is 10.2 Å². The number of aliphatic hydroxyl groups is 1. The van der Waals surface area contributed by atoms with Crippen LogP contribution in [0.4, 0.5) is 0 Å². The van der Waals surface area contributed by atoms with E-state index in [9.17, 15) is 19.9 Å². The van der Waals surface area contributed by atoms with Crippen molar-refractivity contribution >= 4 is 17.5 Å². The summed E-state index contributed by atoms with van der Waals surface area (Å²) in [6, 6.07) is 7.59. The number of aliphatic hydroxyl groups excluding tert-OH is 1. The molecule has 0 bridgehead atoms. The predicted molar refractivity (Wildman–Crippen MR) is 135 cm³/mol. The van der Waals surface area contributed by atoms with Crippen LogP contribution in [-0.4, -0.2) is 64.6 Å². The van der Waals surface area contributed by atoms with Crippen LogP contribution in [0.1, 0.15) is 38.2 Å². The van der Waals surface area contributed by atoms with Crippen LogP contribution in [0.3, 0.4) is 0 Å². The molecular formula is C28H33N3O5. The molecule has 1 saturated carbocycles. The second-order valence-electron chi connectivity index (χ2n) is 10.2. The molecule has 4 aliphatic rings. The SMILES string of the molecule is CC1=NC2CC=CC=C2C(COc2ccc(C[C@]3(C(=O)N4CCC[C@H]4CO)C[C@@H]3C(=O)NO)cc2)=C1. The molecule has 2 amide bonds. The van der Waals surface area contributed by atoms with E-state index >= 15 is 0 Å². The molecule has 1 aromatic rings. The first kappa shape index (κ1) is 24.5. The second kappa shape index (κ2) is 10.0. The first-order valence-electron chi connectivity index (χ1n) is 12.6. The summed E-state index contributed by atoms with van der Waals surface area (Å²) in [5.74, 6) is -0.504. The van der Waals surface area contributed by atoms with Crippen molar-refractivity contribution in [3.05, 3.63) is 65.3 Å². The number of aliphatic imine (C=N–C) groups is 1. The smallest absolute Gasteiger partial charge is 0.247 e. The van der Waals surface area contributed by atoms with Crippen molar-refractivity contribution in [1.29, 1.82) is 0 Å². The summed E-state index contributed by atoms with van der Waals surface area (Å²) >= 11 is 0. The molecule has 2 heterocycles. The highest BCUT2D eigenvalue weighted by Crippen LogP contribution is 2.56. The monoisotopic (exact) mass is 491 g/mol. The Morgan fingerprint density at radius 2 is 2.08 bits per heavy atom. The molecule has 5 rings (SSSR count). The molecule has 8 nitrogen and oxygen atoms in total. The fourth-order valence-corrected chi connectivity index (χ4v) is 5.85. The van der Waals surface area contributed by atoms with Gasteiger partial charge in [0.2, 0.25) is 11.8 Å². The van der Waals surface area contributed by atoms with Crippen molar-refractivity contribution in [2.24, 2.45) is 16.3 Å². The first-order valence-corrected chi connectivity index (χ1v) is 12.6. The lowest BCUT2D eigenvalue weighted by molar-refractivity contribution is -0.142. The van der Waals surface area contributed by atoms with Crippen molar-refractivity contribution in [3.8, 4) is 5.75 Å². The highest BCUT2D eigenvalue weighted by molar-refractivity contribution is 5.96. The normalized spacial score (nSPS) is 28.6. The van der Waals surface area contributed by atoms with Crippen molar-refractivity contribution in [3.63, 3.8) is 0 Å². The molecule has 1 saturated heterocycles. The van der Waals surface area contributed by atoms with Gasteiger partial charge in [0.05, 0.1) is 30.0 Å². The number of carbonyl (C=O) groups excluding carboxylic acids is 2. The molecule has 4 atom stereocenters. The molecule has 0 spiro atoms. The van der Waals surface area contributed by atoms with Crippen molar-refractivity contribution < 1.29 is 24.6 Å². The number of hydrogen-bond acceptors (Lipinski definition) is 6. The van der Waals surface area contributed by atoms with Gasteiger partial charge in [-0.2, -0.15) is 0 Å². The van der Waals surface area contributed by atoms with Crippen LogP contribution in [0.5, 0.6) is 5.75 Å². The van der Waals surface area contributed by atoms with E-state index in [1.807, 2.05) is 31.2 Å². The number of ether oxygens (including phenoxy) is 1. The lowest BCUT2D eigenvalue weighted by atomic mass is 9.90. The molecule has 2 fully saturated rings. The van der Waals surface area contributed by atoms with Gasteiger partial charge >= 0.3 is 0 Å². The van der Waals surface area contributed by atoms with E-state index in [0.29, 0.717) is 26.0 Å². The molecule has 2 aliphatic carbocycles. The van der Waals surface area contributed by atoms with Crippen LogP contribution in [0.2, 0.25) is 0 Å². The van der Waals surface area contributed by atoms with Gasteiger partial charge in [0, 0.05) is 12.3 Å². The standard InChI is InChI=1S/C28H33N3O5/c1-18-13-20(23-6-2-3-7-25(23)29-18)17-36-22-10-8-19(9-11-22)14-28(15-24(28)26(33)30-35)27(34)31-12-4-5-21(31)16-32/h2-3,6,8-11,13,21,24-25,32,35H,4-5,7,12,14-17H2,1H3,(H,30,33)/t21-,24+,25?,28-/m0/s1. The number of likely N-dealkylation sites (tertiary alicyclic amines) is 1. The third-order valence-corrected chi connectivity index (χ3v) is 7.86. The number of benzene rings is 1. The van der Waals surface area contributed by atoms with Crippen molar-refractivity contribution in [2.75, 3.05) is 19.8 Å². The van der Waals surface area contributed by atoms with E-state index in [2.05, 4.69) is 24.3 Å². The quantitative estimate of drug-likeness (QED) is 0.383. The molecule has 8 heteroatoms. The number of dihydropyridines is 1. The molecule has 36 heavy (non-hydrogen) atoms. The Morgan fingerprint density at radius 1 is 1.28 bits per heavy atom. The Hall–Kier alpha value is -3.23. The van der Waals surface area contributed by atoms with Gasteiger partial charge in [-0.3, -0.25) is 19.8 Å². The average Bonchev–Trinajstić information content (AvgIpc) is 3.42. The highest BCUT2D eigenvalue weighted by atomic mass is 16.5. The number of nitrogens with zero attached hydrogens (tertiary/aromatic N) is 2. The molecule has 0 aromatic heterocycles. The molecule has 190 valence electrons. The van der Waals surface area contributed by atoms with Crippen molar-refractivity contribution in [1.82, 2.24) is 10.4 Å². The Labute approximate surface area is 211 Å². The molecule has 1 aromatic carbocycles. The van der Waals surface area contributed by atoms with E-state index in [1.54, 1.807) is 10.4 Å². The van der Waals surface area contributed by atoms with Crippen LogP contribution in [-0.2, 0) is 16.0 Å². The van der Waals surface area contributed by atoms with Gasteiger partial charge in [0.1, 0.15) is 12.4 Å². The van der Waals surface area contributed by atoms with Gasteiger partial charge in [-0.25, -0.2) is 5.48 Å². The number of hydrogen-bond donors (Lipinski definition) is 3. The molecule has 2 aliphatic heterocycles. The number of rotatable bonds is 8. The largest absolute Gasteiger partial charge is 0.489 e. The van der Waals surface area contributed by atoms with E-state index in [0.717, 1.165) is 41.9 Å². The first-order chi connectivity index (χ1) is 17.4. The van der Waals surface area contributed by atoms with Crippen LogP contribution in [0.15, 0.2) is 64.7 Å². The van der Waals surface area contributed by atoms with Gasteiger partial charge in [-0.05, 0) is 73.9 Å². The minimum atomic E-state index is -0.896. The number of nitrogens with one attached hydrogen (secondary N) is 1. The highest BCUT2D eigenvalue weighted by Gasteiger charge is 2.64. The summed E-state index contributed by atoms with van der Waals surface area (Å²) in [6.07, 6.45) is 11.6. The Morgan fingerprint density at radius 3 is 2.83 bits per heavy atom. The van der Waals surface area contributed by atoms with E-state index in [1.165, 1.54) is 5.57 Å². The minimum absolute atomic E-state index is 0.0829. The third-order valence-electron chi connectivity index (χ3n) is 7.86. The minimum Gasteiger partial charge on any atom is -0.489 e. The predicted octanol–water partition coefficient (Wildman–Crippen LogP) is 2.76. The topological polar surface area (TPSA) is 111 Å². The number of allylic oxidation sites excluding steroid dienone is 3. The van der Waals surface area contributed by atoms with Gasteiger partial charge in [-0.1, -0.05) is 30.4 Å². The summed E-state index contributed by atoms with van der Waals surface area (Å²) in [6.45, 7) is 2.95. The summed E-state index contributed by atoms with van der Waals surface area (Å²) in [4.78, 5) is 32.2. The molecule has 1 unspecified atom stereocenters. The average molecular weight is 492 g/mol. The van der Waals surface area contributed by atoms with Gasteiger partial charge in [0.15, 0.2) is 0 Å². The Balaban J connectivity index is 1.27. The molecule has 3 N–H and O–H groups in total. The number of fused-ring (bicyclic) bond motifs is 1.